The Bertz CT molecular complexity index is 1500. The first-order valence-electron chi connectivity index (χ1n) is 12.1. The maximum absolute atomic E-state index is 13.0. The summed E-state index contributed by atoms with van der Waals surface area (Å²) in [4.78, 5) is 16.3. The fourth-order valence-electron chi connectivity index (χ4n) is 3.64. The molecule has 9 nitrogen and oxygen atoms in total. The molecular formula is C27H24F6N2O7S. The molecule has 3 rings (SSSR count). The number of aryl methyl sites for hydroxylation is 1. The first-order valence-corrected chi connectivity index (χ1v) is 13.6. The molecule has 0 aromatic heterocycles. The number of hydrogen-bond donors (Lipinski definition) is 1. The van der Waals surface area contributed by atoms with Crippen molar-refractivity contribution in [3.8, 4) is 11.5 Å². The molecule has 1 N–H and O–H groups in total. The van der Waals surface area contributed by atoms with Gasteiger partial charge in [0.15, 0.2) is 0 Å². The Morgan fingerprint density at radius 3 is 1.79 bits per heavy atom. The van der Waals surface area contributed by atoms with Crippen LogP contribution in [0.25, 0.3) is 0 Å². The molecule has 0 unspecified atom stereocenters. The number of rotatable bonds is 12. The normalized spacial score (nSPS) is 12.1. The minimum atomic E-state index is -4.93. The first kappa shape index (κ1) is 33.2. The summed E-state index contributed by atoms with van der Waals surface area (Å²) in [6.45, 7) is 1.12. The van der Waals surface area contributed by atoms with E-state index in [2.05, 4.69) is 14.6 Å². The average Bonchev–Trinajstić information content (AvgIpc) is 2.89. The number of carboxylic acids is 1. The summed E-state index contributed by atoms with van der Waals surface area (Å²) in [7, 11) is -2.80. The van der Waals surface area contributed by atoms with Gasteiger partial charge < -0.3 is 19.4 Å². The zero-order valence-electron chi connectivity index (χ0n) is 22.4. The van der Waals surface area contributed by atoms with E-state index in [-0.39, 0.29) is 41.3 Å². The number of sulfonamides is 1. The first-order chi connectivity index (χ1) is 19.9. The van der Waals surface area contributed by atoms with E-state index < -0.39 is 40.2 Å². The predicted molar refractivity (Wildman–Crippen MR) is 140 cm³/mol. The van der Waals surface area contributed by atoms with Crippen molar-refractivity contribution in [2.45, 2.75) is 31.0 Å². The van der Waals surface area contributed by atoms with E-state index >= 15 is 0 Å². The van der Waals surface area contributed by atoms with Gasteiger partial charge >= 0.3 is 18.7 Å². The number of likely N-dealkylation sites (N-methyl/N-ethyl adjacent to an activating group) is 1. The molecule has 16 heteroatoms. The van der Waals surface area contributed by atoms with Crippen LogP contribution in [0.1, 0.15) is 22.3 Å². The Balaban J connectivity index is 1.80. The van der Waals surface area contributed by atoms with E-state index in [1.165, 1.54) is 49.5 Å². The van der Waals surface area contributed by atoms with E-state index in [4.69, 9.17) is 9.94 Å². The third-order valence-corrected chi connectivity index (χ3v) is 7.60. The van der Waals surface area contributed by atoms with Crippen LogP contribution in [0.3, 0.4) is 0 Å². The van der Waals surface area contributed by atoms with Crippen molar-refractivity contribution in [1.29, 1.82) is 0 Å². The van der Waals surface area contributed by atoms with Crippen LogP contribution < -0.4 is 9.47 Å². The van der Waals surface area contributed by atoms with Crippen molar-refractivity contribution in [3.63, 3.8) is 0 Å². The van der Waals surface area contributed by atoms with Gasteiger partial charge in [0.25, 0.3) is 0 Å². The second kappa shape index (κ2) is 13.3. The van der Waals surface area contributed by atoms with Gasteiger partial charge in [0, 0.05) is 18.2 Å². The van der Waals surface area contributed by atoms with Crippen molar-refractivity contribution in [3.05, 3.63) is 89.0 Å². The highest BCUT2D eigenvalue weighted by Gasteiger charge is 2.32. The highest BCUT2D eigenvalue weighted by atomic mass is 32.2. The molecule has 0 spiro atoms. The largest absolute Gasteiger partial charge is 0.573 e. The van der Waals surface area contributed by atoms with Crippen LogP contribution in [0.5, 0.6) is 11.5 Å². The lowest BCUT2D eigenvalue weighted by atomic mass is 10.0. The van der Waals surface area contributed by atoms with Crippen LogP contribution in [0.15, 0.2) is 76.8 Å². The molecule has 43 heavy (non-hydrogen) atoms. The second-order valence-electron chi connectivity index (χ2n) is 8.90. The molecule has 0 saturated heterocycles. The number of nitrogens with zero attached hydrogens (tertiary/aromatic N) is 2. The molecule has 0 saturated carbocycles. The van der Waals surface area contributed by atoms with Crippen LogP contribution in [-0.2, 0) is 26.1 Å². The van der Waals surface area contributed by atoms with E-state index in [1.807, 2.05) is 0 Å². The molecule has 0 aliphatic carbocycles. The molecule has 0 aliphatic rings. The van der Waals surface area contributed by atoms with Gasteiger partial charge in [-0.15, -0.1) is 26.3 Å². The van der Waals surface area contributed by atoms with Crippen molar-refractivity contribution < 1.29 is 59.0 Å². The quantitative estimate of drug-likeness (QED) is 0.121. The fraction of sp³-hybridized carbons (Fsp3) is 0.259. The number of aliphatic carboxylic acids is 1. The van der Waals surface area contributed by atoms with Gasteiger partial charge in [-0.05, 0) is 78.7 Å². The van der Waals surface area contributed by atoms with Gasteiger partial charge in [0.1, 0.15) is 23.8 Å². The Hall–Kier alpha value is -4.31. The van der Waals surface area contributed by atoms with E-state index in [9.17, 15) is 39.6 Å². The molecule has 0 atom stereocenters. The average molecular weight is 635 g/mol. The summed E-state index contributed by atoms with van der Waals surface area (Å²) in [6.07, 6.45) is -10.2. The molecule has 3 aromatic carbocycles. The van der Waals surface area contributed by atoms with Gasteiger partial charge in [-0.3, -0.25) is 4.79 Å². The Morgan fingerprint density at radius 1 is 0.860 bits per heavy atom. The summed E-state index contributed by atoms with van der Waals surface area (Å²) >= 11 is 0. The predicted octanol–water partition coefficient (Wildman–Crippen LogP) is 5.51. The number of halogens is 6. The van der Waals surface area contributed by atoms with Crippen molar-refractivity contribution in [2.24, 2.45) is 5.16 Å². The zero-order valence-corrected chi connectivity index (χ0v) is 23.3. The molecule has 232 valence electrons. The topological polar surface area (TPSA) is 115 Å². The van der Waals surface area contributed by atoms with Crippen LogP contribution in [-0.4, -0.2) is 62.4 Å². The van der Waals surface area contributed by atoms with Crippen molar-refractivity contribution >= 4 is 21.7 Å². The number of hydrogen-bond acceptors (Lipinski definition) is 7. The third kappa shape index (κ3) is 9.89. The summed E-state index contributed by atoms with van der Waals surface area (Å²) < 4.78 is 110. The lowest BCUT2D eigenvalue weighted by molar-refractivity contribution is -0.275. The lowest BCUT2D eigenvalue weighted by Crippen LogP contribution is -2.30. The minimum absolute atomic E-state index is 0.000486. The number of ether oxygens (including phenoxy) is 2. The highest BCUT2D eigenvalue weighted by Crippen LogP contribution is 2.26. The molecule has 0 aliphatic heterocycles. The number of carboxylic acid groups (broad SMARTS) is 1. The van der Waals surface area contributed by atoms with E-state index in [0.717, 1.165) is 28.6 Å². The Labute approximate surface area is 241 Å². The van der Waals surface area contributed by atoms with Crippen LogP contribution in [0.2, 0.25) is 0 Å². The maximum atomic E-state index is 13.0. The second-order valence-corrected chi connectivity index (χ2v) is 10.9. The van der Waals surface area contributed by atoms with Gasteiger partial charge in [-0.1, -0.05) is 11.2 Å². The van der Waals surface area contributed by atoms with E-state index in [1.54, 1.807) is 6.92 Å². The number of benzene rings is 3. The summed E-state index contributed by atoms with van der Waals surface area (Å²) in [5, 5.41) is 13.0. The molecule has 0 fully saturated rings. The van der Waals surface area contributed by atoms with Crippen LogP contribution in [0, 0.1) is 6.92 Å². The number of carbonyl (C=O) groups is 1. The highest BCUT2D eigenvalue weighted by molar-refractivity contribution is 7.89. The molecule has 0 radical (unpaired) electrons. The van der Waals surface area contributed by atoms with Crippen LogP contribution in [0.4, 0.5) is 26.3 Å². The SMILES string of the molecule is Cc1ccc(S(=O)(=O)N(C)CCON=C(c2ccc(OC(F)(F)F)cc2)c2ccc(OC(F)(F)F)cc2)cc1CC(=O)O. The number of alkyl halides is 6. The standard InChI is InChI=1S/C27H24F6N2O7S/c1-17-3-12-23(15-20(17)16-24(36)37)43(38,39)35(2)13-14-40-34-25(18-4-8-21(9-5-18)41-26(28,29)30)19-6-10-22(11-7-19)42-27(31,32)33/h3-12,15H,13-14,16H2,1-2H3,(H,36,37). The molecule has 3 aromatic rings. The molecule has 0 heterocycles. The van der Waals surface area contributed by atoms with Gasteiger partial charge in [-0.25, -0.2) is 8.42 Å². The van der Waals surface area contributed by atoms with Crippen LogP contribution >= 0.6 is 0 Å². The van der Waals surface area contributed by atoms with Gasteiger partial charge in [0.2, 0.25) is 10.0 Å². The fourth-order valence-corrected chi connectivity index (χ4v) is 4.85. The smallest absolute Gasteiger partial charge is 0.481 e. The lowest BCUT2D eigenvalue weighted by Gasteiger charge is -2.18. The maximum Gasteiger partial charge on any atom is 0.573 e. The van der Waals surface area contributed by atoms with Gasteiger partial charge in [0.05, 0.1) is 17.9 Å². The minimum Gasteiger partial charge on any atom is -0.481 e. The van der Waals surface area contributed by atoms with Crippen molar-refractivity contribution in [1.82, 2.24) is 4.31 Å². The molecule has 0 bridgehead atoms. The number of oxime groups is 1. The van der Waals surface area contributed by atoms with Gasteiger partial charge in [-0.2, -0.15) is 4.31 Å². The summed E-state index contributed by atoms with van der Waals surface area (Å²) in [5.41, 5.74) is 1.33. The Kier molecular flexibility index (Phi) is 10.3. The summed E-state index contributed by atoms with van der Waals surface area (Å²) in [5.74, 6) is -2.18. The molecule has 0 amide bonds. The molecular weight excluding hydrogens is 610 g/mol. The zero-order chi connectivity index (χ0) is 32.0. The monoisotopic (exact) mass is 634 g/mol. The Morgan fingerprint density at radius 2 is 1.35 bits per heavy atom. The van der Waals surface area contributed by atoms with Crippen molar-refractivity contribution in [2.75, 3.05) is 20.2 Å². The third-order valence-electron chi connectivity index (χ3n) is 5.75. The van der Waals surface area contributed by atoms with E-state index in [0.29, 0.717) is 11.1 Å². The summed E-state index contributed by atoms with van der Waals surface area (Å²) in [6, 6.07) is 12.9.